The van der Waals surface area contributed by atoms with Crippen LogP contribution in [0.4, 0.5) is 11.4 Å². The molecule has 11 aromatic carbocycles. The second kappa shape index (κ2) is 16.8. The zero-order chi connectivity index (χ0) is 49.8. The number of rotatable bonds is 7. The summed E-state index contributed by atoms with van der Waals surface area (Å²) in [5.41, 5.74) is 21.6. The van der Waals surface area contributed by atoms with E-state index in [1.165, 1.54) is 110 Å². The van der Waals surface area contributed by atoms with Crippen molar-refractivity contribution in [2.75, 3.05) is 4.90 Å². The van der Waals surface area contributed by atoms with Gasteiger partial charge < -0.3 is 18.6 Å². The van der Waals surface area contributed by atoms with Gasteiger partial charge in [0, 0.05) is 66.5 Å². The summed E-state index contributed by atoms with van der Waals surface area (Å²) in [5, 5.41) is 7.57. The molecule has 2 unspecified atom stereocenters. The molecular weight excluding hydrogens is 921 g/mol. The average molecular weight is 969 g/mol. The smallest absolute Gasteiger partial charge is 0.0630 e. The van der Waals surface area contributed by atoms with E-state index < -0.39 is 0 Å². The Balaban J connectivity index is 0.891. The van der Waals surface area contributed by atoms with E-state index in [0.717, 1.165) is 22.7 Å². The number of anilines is 2. The number of aromatic nitrogens is 3. The Morgan fingerprint density at radius 2 is 0.658 bits per heavy atom. The third-order valence-corrected chi connectivity index (χ3v) is 16.4. The van der Waals surface area contributed by atoms with Crippen LogP contribution in [0.25, 0.3) is 110 Å². The van der Waals surface area contributed by atoms with E-state index in [-0.39, 0.29) is 12.0 Å². The Morgan fingerprint density at radius 3 is 1.09 bits per heavy atom. The predicted molar refractivity (Wildman–Crippen MR) is 319 cm³/mol. The summed E-state index contributed by atoms with van der Waals surface area (Å²) in [6, 6.07) is 96.2. The van der Waals surface area contributed by atoms with Crippen molar-refractivity contribution in [1.82, 2.24) is 13.7 Å². The van der Waals surface area contributed by atoms with Crippen molar-refractivity contribution in [3.8, 4) is 39.3 Å². The predicted octanol–water partition coefficient (Wildman–Crippen LogP) is 18.6. The molecule has 0 bridgehead atoms. The lowest BCUT2D eigenvalue weighted by Crippen LogP contribution is -2.29. The highest BCUT2D eigenvalue weighted by molar-refractivity contribution is 6.11. The summed E-state index contributed by atoms with van der Waals surface area (Å²) in [6.45, 7) is 0. The first-order valence-electron chi connectivity index (χ1n) is 26.4. The zero-order valence-corrected chi connectivity index (χ0v) is 41.5. The van der Waals surface area contributed by atoms with Crippen molar-refractivity contribution >= 4 is 82.4 Å². The fourth-order valence-electron chi connectivity index (χ4n) is 13.0. The highest BCUT2D eigenvalue weighted by Crippen LogP contribution is 2.55. The van der Waals surface area contributed by atoms with E-state index >= 15 is 0 Å². The molecule has 0 spiro atoms. The van der Waals surface area contributed by atoms with Gasteiger partial charge in [0.15, 0.2) is 0 Å². The molecule has 4 nitrogen and oxygen atoms in total. The monoisotopic (exact) mass is 968 g/mol. The van der Waals surface area contributed by atoms with Crippen LogP contribution in [0.3, 0.4) is 0 Å². The molecule has 0 fully saturated rings. The Labute approximate surface area is 440 Å². The number of allylic oxidation sites excluding steroid dienone is 2. The van der Waals surface area contributed by atoms with Gasteiger partial charge in [-0.1, -0.05) is 182 Å². The van der Waals surface area contributed by atoms with Crippen molar-refractivity contribution in [2.24, 2.45) is 0 Å². The Kier molecular flexibility index (Phi) is 9.43. The van der Waals surface area contributed by atoms with Crippen LogP contribution in [0.5, 0.6) is 0 Å². The van der Waals surface area contributed by atoms with Gasteiger partial charge in [-0.3, -0.25) is 0 Å². The molecule has 1 aliphatic heterocycles. The number of nitrogens with zero attached hydrogens (tertiary/aromatic N) is 4. The lowest BCUT2D eigenvalue weighted by molar-refractivity contribution is 0.747. The molecular formula is C72H48N4. The molecule has 0 saturated carbocycles. The topological polar surface area (TPSA) is 18.0 Å². The lowest BCUT2D eigenvalue weighted by Gasteiger charge is -2.31. The molecule has 0 radical (unpaired) electrons. The largest absolute Gasteiger partial charge is 0.333 e. The van der Waals surface area contributed by atoms with E-state index in [9.17, 15) is 0 Å². The molecule has 4 heterocycles. The molecule has 16 rings (SSSR count). The minimum atomic E-state index is 0.0464. The quantitative estimate of drug-likeness (QED) is 0.156. The van der Waals surface area contributed by atoms with Gasteiger partial charge in [-0.15, -0.1) is 0 Å². The number of hydrogen-bond donors (Lipinski definition) is 0. The number of para-hydroxylation sites is 6. The summed E-state index contributed by atoms with van der Waals surface area (Å²) < 4.78 is 7.22. The fourth-order valence-corrected chi connectivity index (χ4v) is 13.0. The number of fused-ring (bicyclic) bond motifs is 12. The van der Waals surface area contributed by atoms with Gasteiger partial charge in [-0.25, -0.2) is 0 Å². The summed E-state index contributed by atoms with van der Waals surface area (Å²) in [4.78, 5) is 2.62. The summed E-state index contributed by atoms with van der Waals surface area (Å²) in [7, 11) is 0. The number of benzene rings is 11. The van der Waals surface area contributed by atoms with E-state index in [1.54, 1.807) is 0 Å². The molecule has 2 aliphatic rings. The molecule has 1 aliphatic carbocycles. The van der Waals surface area contributed by atoms with Crippen LogP contribution >= 0.6 is 0 Å². The maximum absolute atomic E-state index is 2.62. The third-order valence-electron chi connectivity index (χ3n) is 16.4. The Hall–Kier alpha value is -9.90. The van der Waals surface area contributed by atoms with Crippen LogP contribution in [0.2, 0.25) is 0 Å². The summed E-state index contributed by atoms with van der Waals surface area (Å²) in [5.74, 6) is 0.0830. The standard InChI is InChI=1S/C72H48N4/c1-2-16-47(17-3-1)50-34-43-71-63(44-50)64-46-51(48-30-35-52(36-31-48)73-65-24-10-4-18-56(65)57-19-5-11-25-66(57)73)45-62(49-32-37-53(38-33-49)74-67-26-12-6-20-58(67)59-21-7-13-27-68(59)74)72(64)76(71)55-41-39-54(40-42-55)75-69-28-14-8-22-60(69)61-23-9-15-29-70(61)75/h1-46,63,71H. The van der Waals surface area contributed by atoms with Gasteiger partial charge in [0.25, 0.3) is 0 Å². The van der Waals surface area contributed by atoms with Gasteiger partial charge in [-0.05, 0) is 130 Å². The van der Waals surface area contributed by atoms with Crippen molar-refractivity contribution in [3.05, 3.63) is 290 Å². The molecule has 3 aromatic heterocycles. The normalized spacial score (nSPS) is 15.1. The third kappa shape index (κ3) is 6.44. The fraction of sp³-hybridized carbons (Fsp3) is 0.0278. The van der Waals surface area contributed by atoms with Crippen molar-refractivity contribution in [1.29, 1.82) is 0 Å². The van der Waals surface area contributed by atoms with Crippen LogP contribution in [0.1, 0.15) is 17.0 Å². The first kappa shape index (κ1) is 42.6. The maximum atomic E-state index is 2.62. The van der Waals surface area contributed by atoms with Gasteiger partial charge in [0.2, 0.25) is 0 Å². The van der Waals surface area contributed by atoms with E-state index in [0.29, 0.717) is 0 Å². The first-order valence-corrected chi connectivity index (χ1v) is 26.4. The molecule has 76 heavy (non-hydrogen) atoms. The van der Waals surface area contributed by atoms with Crippen LogP contribution < -0.4 is 4.90 Å². The Bertz CT molecular complexity index is 4520. The van der Waals surface area contributed by atoms with Gasteiger partial charge in [-0.2, -0.15) is 0 Å². The van der Waals surface area contributed by atoms with Gasteiger partial charge in [0.05, 0.1) is 44.8 Å². The molecule has 2 atom stereocenters. The van der Waals surface area contributed by atoms with Gasteiger partial charge in [0.1, 0.15) is 0 Å². The van der Waals surface area contributed by atoms with Crippen molar-refractivity contribution in [3.63, 3.8) is 0 Å². The highest BCUT2D eigenvalue weighted by atomic mass is 15.2. The van der Waals surface area contributed by atoms with Crippen molar-refractivity contribution in [2.45, 2.75) is 12.0 Å². The molecule has 0 N–H and O–H groups in total. The second-order valence-corrected chi connectivity index (χ2v) is 20.4. The number of hydrogen-bond acceptors (Lipinski definition) is 1. The van der Waals surface area contributed by atoms with Crippen LogP contribution in [0.15, 0.2) is 279 Å². The molecule has 356 valence electrons. The van der Waals surface area contributed by atoms with Crippen LogP contribution in [0, 0.1) is 0 Å². The van der Waals surface area contributed by atoms with E-state index in [2.05, 4.69) is 298 Å². The second-order valence-electron chi connectivity index (χ2n) is 20.4. The van der Waals surface area contributed by atoms with E-state index in [1.807, 2.05) is 0 Å². The minimum absolute atomic E-state index is 0.0464. The first-order chi connectivity index (χ1) is 37.7. The van der Waals surface area contributed by atoms with E-state index in [4.69, 9.17) is 0 Å². The maximum Gasteiger partial charge on any atom is 0.0630 e. The molecule has 4 heteroatoms. The molecule has 0 saturated heterocycles. The van der Waals surface area contributed by atoms with Crippen LogP contribution in [-0.2, 0) is 0 Å². The van der Waals surface area contributed by atoms with Crippen molar-refractivity contribution < 1.29 is 0 Å². The summed E-state index contributed by atoms with van der Waals surface area (Å²) >= 11 is 0. The zero-order valence-electron chi connectivity index (χ0n) is 41.5. The highest BCUT2D eigenvalue weighted by Gasteiger charge is 2.41. The SMILES string of the molecule is C1=CC2C(C=C1c1ccccc1)c1cc(-c3ccc(-n4c5ccccc5c5ccccc54)cc3)cc(-c3ccc(-n4c5ccccc5c5ccccc54)cc3)c1N2c1ccc(-n2c3ccccc3c3ccccc32)cc1. The molecule has 0 amide bonds. The summed E-state index contributed by atoms with van der Waals surface area (Å²) in [6.07, 6.45) is 7.31. The van der Waals surface area contributed by atoms with Crippen LogP contribution in [-0.4, -0.2) is 19.7 Å². The molecule has 14 aromatic rings. The minimum Gasteiger partial charge on any atom is -0.333 e. The average Bonchev–Trinajstić information content (AvgIpc) is 4.33. The van der Waals surface area contributed by atoms with Gasteiger partial charge >= 0.3 is 0 Å². The Morgan fingerprint density at radius 1 is 0.289 bits per heavy atom. The lowest BCUT2D eigenvalue weighted by atomic mass is 9.84.